The molecule has 0 aliphatic carbocycles. The van der Waals surface area contributed by atoms with E-state index in [2.05, 4.69) is 31.0 Å². The van der Waals surface area contributed by atoms with Gasteiger partial charge in [-0.3, -0.25) is 4.98 Å². The van der Waals surface area contributed by atoms with Crippen LogP contribution in [-0.2, 0) is 25.4 Å². The predicted octanol–water partition coefficient (Wildman–Crippen LogP) is 5.44. The second-order valence-corrected chi connectivity index (χ2v) is 8.59. The van der Waals surface area contributed by atoms with Gasteiger partial charge in [-0.15, -0.1) is 0 Å². The molecule has 164 valence electrons. The molecule has 29 heavy (non-hydrogen) atoms. The molecule has 0 aromatic carbocycles. The summed E-state index contributed by atoms with van der Waals surface area (Å²) in [5.41, 5.74) is 2.17. The van der Waals surface area contributed by atoms with Crippen LogP contribution in [0.25, 0.3) is 0 Å². The molecule has 2 aliphatic rings. The van der Waals surface area contributed by atoms with Crippen molar-refractivity contribution in [2.45, 2.75) is 84.2 Å². The molecule has 3 heterocycles. The van der Waals surface area contributed by atoms with Crippen LogP contribution in [0.4, 0.5) is 0 Å². The number of pyridine rings is 1. The molecule has 0 N–H and O–H groups in total. The summed E-state index contributed by atoms with van der Waals surface area (Å²) in [4.78, 5) is 4.57. The highest BCUT2D eigenvalue weighted by Crippen LogP contribution is 2.28. The van der Waals surface area contributed by atoms with E-state index in [0.717, 1.165) is 56.9 Å². The summed E-state index contributed by atoms with van der Waals surface area (Å²) in [7, 11) is 0. The highest BCUT2D eigenvalue weighted by molar-refractivity contribution is 5.15. The van der Waals surface area contributed by atoms with Gasteiger partial charge < -0.3 is 18.9 Å². The van der Waals surface area contributed by atoms with Crippen LogP contribution in [0.15, 0.2) is 18.3 Å². The second-order valence-electron chi connectivity index (χ2n) is 8.59. The maximum absolute atomic E-state index is 5.97. The van der Waals surface area contributed by atoms with E-state index in [9.17, 15) is 0 Å². The number of hydrogen-bond acceptors (Lipinski definition) is 5. The van der Waals surface area contributed by atoms with Crippen molar-refractivity contribution in [1.29, 1.82) is 0 Å². The Bertz CT molecular complexity index is 549. The SMILES string of the molecule is CCCCCc1ccc([C@H]2OC[C@H](CC[C@H]3OC[C@H](CCCC)CO3)CO2)cn1. The summed E-state index contributed by atoms with van der Waals surface area (Å²) in [6, 6.07) is 4.20. The molecule has 0 atom stereocenters. The third-order valence-corrected chi connectivity index (χ3v) is 5.94. The number of nitrogens with zero attached hydrogens (tertiary/aromatic N) is 1. The normalized spacial score (nSPS) is 27.8. The minimum atomic E-state index is -0.287. The fourth-order valence-corrected chi connectivity index (χ4v) is 3.96. The van der Waals surface area contributed by atoms with Gasteiger partial charge in [-0.05, 0) is 38.2 Å². The zero-order chi connectivity index (χ0) is 20.3. The third-order valence-electron chi connectivity index (χ3n) is 5.94. The topological polar surface area (TPSA) is 49.8 Å². The largest absolute Gasteiger partial charge is 0.352 e. The van der Waals surface area contributed by atoms with E-state index in [-0.39, 0.29) is 12.6 Å². The summed E-state index contributed by atoms with van der Waals surface area (Å²) >= 11 is 0. The first-order valence-corrected chi connectivity index (χ1v) is 11.7. The molecule has 0 spiro atoms. The molecular formula is C24H39NO4. The molecular weight excluding hydrogens is 366 g/mol. The lowest BCUT2D eigenvalue weighted by molar-refractivity contribution is -0.220. The van der Waals surface area contributed by atoms with Crippen LogP contribution in [0.2, 0.25) is 0 Å². The maximum atomic E-state index is 5.97. The summed E-state index contributed by atoms with van der Waals surface area (Å²) in [5.74, 6) is 0.970. The van der Waals surface area contributed by atoms with Gasteiger partial charge in [0, 0.05) is 29.3 Å². The smallest absolute Gasteiger partial charge is 0.185 e. The Morgan fingerprint density at radius 2 is 1.48 bits per heavy atom. The van der Waals surface area contributed by atoms with E-state index in [1.807, 2.05) is 6.20 Å². The van der Waals surface area contributed by atoms with Crippen molar-refractivity contribution in [2.24, 2.45) is 11.8 Å². The summed E-state index contributed by atoms with van der Waals surface area (Å²) in [6.45, 7) is 7.56. The third kappa shape index (κ3) is 7.63. The van der Waals surface area contributed by atoms with Gasteiger partial charge in [0.15, 0.2) is 12.6 Å². The van der Waals surface area contributed by atoms with Crippen LogP contribution in [0.3, 0.4) is 0 Å². The molecule has 0 saturated carbocycles. The summed E-state index contributed by atoms with van der Waals surface area (Å²) < 4.78 is 23.8. The highest BCUT2D eigenvalue weighted by Gasteiger charge is 2.27. The molecule has 0 bridgehead atoms. The zero-order valence-electron chi connectivity index (χ0n) is 18.3. The van der Waals surface area contributed by atoms with E-state index >= 15 is 0 Å². The van der Waals surface area contributed by atoms with E-state index in [0.29, 0.717) is 11.8 Å². The van der Waals surface area contributed by atoms with Gasteiger partial charge >= 0.3 is 0 Å². The lowest BCUT2D eigenvalue weighted by Crippen LogP contribution is -2.33. The van der Waals surface area contributed by atoms with Crippen LogP contribution in [-0.4, -0.2) is 37.7 Å². The molecule has 0 unspecified atom stereocenters. The van der Waals surface area contributed by atoms with Crippen molar-refractivity contribution < 1.29 is 18.9 Å². The Labute approximate surface area is 176 Å². The van der Waals surface area contributed by atoms with Gasteiger partial charge in [-0.25, -0.2) is 0 Å². The number of rotatable bonds is 11. The Kier molecular flexibility index (Phi) is 9.87. The van der Waals surface area contributed by atoms with Gasteiger partial charge in [0.05, 0.1) is 26.4 Å². The van der Waals surface area contributed by atoms with Crippen LogP contribution in [0, 0.1) is 11.8 Å². The van der Waals surface area contributed by atoms with Crippen LogP contribution in [0.5, 0.6) is 0 Å². The number of hydrogen-bond donors (Lipinski definition) is 0. The number of aromatic nitrogens is 1. The molecule has 2 fully saturated rings. The van der Waals surface area contributed by atoms with Crippen LogP contribution >= 0.6 is 0 Å². The first-order valence-electron chi connectivity index (χ1n) is 11.7. The maximum Gasteiger partial charge on any atom is 0.185 e. The van der Waals surface area contributed by atoms with Crippen LogP contribution in [0.1, 0.15) is 82.8 Å². The molecule has 1 aromatic heterocycles. The lowest BCUT2D eigenvalue weighted by Gasteiger charge is -2.32. The molecule has 5 nitrogen and oxygen atoms in total. The van der Waals surface area contributed by atoms with Gasteiger partial charge in [0.25, 0.3) is 0 Å². The molecule has 0 amide bonds. The monoisotopic (exact) mass is 405 g/mol. The Hall–Kier alpha value is -1.01. The molecule has 1 aromatic rings. The molecule has 5 heteroatoms. The van der Waals surface area contributed by atoms with Crippen molar-refractivity contribution in [3.8, 4) is 0 Å². The van der Waals surface area contributed by atoms with E-state index < -0.39 is 0 Å². The van der Waals surface area contributed by atoms with E-state index in [1.165, 1.54) is 38.5 Å². The highest BCUT2D eigenvalue weighted by atomic mass is 16.7. The standard InChI is InChI=1S/C24H39NO4/c1-3-5-7-9-22-12-11-21(14-25-22)24-28-17-20(18-29-24)10-13-23-26-15-19(16-27-23)8-6-4-2/h11-12,14,19-20,23-24H,3-10,13,15-18H2,1-2H3/t19-,20-,23-,24-. The Morgan fingerprint density at radius 1 is 0.793 bits per heavy atom. The first kappa shape index (κ1) is 22.7. The summed E-state index contributed by atoms with van der Waals surface area (Å²) in [5, 5.41) is 0. The Balaban J connectivity index is 1.31. The van der Waals surface area contributed by atoms with Crippen molar-refractivity contribution in [2.75, 3.05) is 26.4 Å². The van der Waals surface area contributed by atoms with Gasteiger partial charge in [-0.2, -0.15) is 0 Å². The van der Waals surface area contributed by atoms with Gasteiger partial charge in [-0.1, -0.05) is 45.6 Å². The molecule has 2 aliphatic heterocycles. The van der Waals surface area contributed by atoms with E-state index in [1.54, 1.807) is 0 Å². The minimum Gasteiger partial charge on any atom is -0.352 e. The van der Waals surface area contributed by atoms with Crippen LogP contribution < -0.4 is 0 Å². The summed E-state index contributed by atoms with van der Waals surface area (Å²) in [6.07, 6.45) is 11.9. The fraction of sp³-hybridized carbons (Fsp3) is 0.792. The molecule has 0 radical (unpaired) electrons. The van der Waals surface area contributed by atoms with Crippen molar-refractivity contribution in [1.82, 2.24) is 4.98 Å². The first-order chi connectivity index (χ1) is 14.3. The predicted molar refractivity (Wildman–Crippen MR) is 114 cm³/mol. The van der Waals surface area contributed by atoms with Gasteiger partial charge in [0.1, 0.15) is 0 Å². The average molecular weight is 406 g/mol. The van der Waals surface area contributed by atoms with Crippen molar-refractivity contribution in [3.63, 3.8) is 0 Å². The van der Waals surface area contributed by atoms with Gasteiger partial charge in [0.2, 0.25) is 0 Å². The average Bonchev–Trinajstić information content (AvgIpc) is 2.78. The fourth-order valence-electron chi connectivity index (χ4n) is 3.96. The number of ether oxygens (including phenoxy) is 4. The number of aryl methyl sites for hydroxylation is 1. The molecule has 3 rings (SSSR count). The van der Waals surface area contributed by atoms with Crippen molar-refractivity contribution >= 4 is 0 Å². The zero-order valence-corrected chi connectivity index (χ0v) is 18.3. The number of unbranched alkanes of at least 4 members (excludes halogenated alkanes) is 3. The second kappa shape index (κ2) is 12.6. The Morgan fingerprint density at radius 3 is 2.14 bits per heavy atom. The van der Waals surface area contributed by atoms with E-state index in [4.69, 9.17) is 18.9 Å². The minimum absolute atomic E-state index is 0.0601. The quantitative estimate of drug-likeness (QED) is 0.459. The lowest BCUT2D eigenvalue weighted by atomic mass is 10.0. The molecule has 2 saturated heterocycles. The van der Waals surface area contributed by atoms with Crippen molar-refractivity contribution in [3.05, 3.63) is 29.6 Å².